The minimum atomic E-state index is 0.614. The fourth-order valence-electron chi connectivity index (χ4n) is 2.50. The van der Waals surface area contributed by atoms with Crippen LogP contribution in [0.4, 0.5) is 5.69 Å². The van der Waals surface area contributed by atoms with Gasteiger partial charge < -0.3 is 20.1 Å². The molecule has 4 heteroatoms. The first kappa shape index (κ1) is 13.0. The van der Waals surface area contributed by atoms with Gasteiger partial charge in [0.05, 0.1) is 19.9 Å². The first-order valence-electron chi connectivity index (χ1n) is 6.50. The number of hydrogen-bond acceptors (Lipinski definition) is 4. The summed E-state index contributed by atoms with van der Waals surface area (Å²) in [6.07, 6.45) is 3.30. The van der Waals surface area contributed by atoms with Gasteiger partial charge in [0.25, 0.3) is 0 Å². The summed E-state index contributed by atoms with van der Waals surface area (Å²) in [5.41, 5.74) is 7.87. The number of nitrogens with two attached hydrogens (primary N) is 1. The first-order chi connectivity index (χ1) is 8.80. The Morgan fingerprint density at radius 1 is 1.11 bits per heavy atom. The molecule has 0 spiro atoms. The van der Waals surface area contributed by atoms with Crippen LogP contribution in [0.25, 0.3) is 0 Å². The molecule has 2 N–H and O–H groups in total. The molecule has 100 valence electrons. The average Bonchev–Trinajstić information content (AvgIpc) is 2.92. The molecule has 0 amide bonds. The van der Waals surface area contributed by atoms with Crippen LogP contribution in [-0.4, -0.2) is 33.9 Å². The largest absolute Gasteiger partial charge is 0.496 e. The molecular formula is C14H22N2O2. The summed E-state index contributed by atoms with van der Waals surface area (Å²) in [7, 11) is 3.42. The van der Waals surface area contributed by atoms with Gasteiger partial charge in [-0.2, -0.15) is 0 Å². The lowest BCUT2D eigenvalue weighted by Crippen LogP contribution is -2.19. The molecule has 1 heterocycles. The lowest BCUT2D eigenvalue weighted by atomic mass is 10.1. The van der Waals surface area contributed by atoms with Crippen molar-refractivity contribution in [3.05, 3.63) is 17.7 Å². The van der Waals surface area contributed by atoms with Crippen LogP contribution in [0.3, 0.4) is 0 Å². The lowest BCUT2D eigenvalue weighted by molar-refractivity contribution is 0.399. The second-order valence-corrected chi connectivity index (χ2v) is 4.57. The molecule has 1 aromatic rings. The van der Waals surface area contributed by atoms with Crippen LogP contribution in [0.5, 0.6) is 11.5 Å². The molecule has 1 aliphatic rings. The van der Waals surface area contributed by atoms with E-state index in [0.29, 0.717) is 6.54 Å². The van der Waals surface area contributed by atoms with E-state index in [0.717, 1.165) is 42.3 Å². The second kappa shape index (κ2) is 5.96. The third-order valence-electron chi connectivity index (χ3n) is 3.44. The maximum absolute atomic E-state index is 5.63. The van der Waals surface area contributed by atoms with Crippen molar-refractivity contribution in [2.75, 3.05) is 38.8 Å². The molecular weight excluding hydrogens is 228 g/mol. The highest BCUT2D eigenvalue weighted by atomic mass is 16.5. The first-order valence-corrected chi connectivity index (χ1v) is 6.50. The molecule has 1 aromatic carbocycles. The molecule has 1 saturated heterocycles. The third-order valence-corrected chi connectivity index (χ3v) is 3.44. The summed E-state index contributed by atoms with van der Waals surface area (Å²) in [4.78, 5) is 2.35. The van der Waals surface area contributed by atoms with Gasteiger partial charge in [-0.3, -0.25) is 0 Å². The van der Waals surface area contributed by atoms with Crippen LogP contribution in [0.1, 0.15) is 18.4 Å². The maximum Gasteiger partial charge on any atom is 0.142 e. The van der Waals surface area contributed by atoms with Gasteiger partial charge in [-0.1, -0.05) is 0 Å². The van der Waals surface area contributed by atoms with Crippen molar-refractivity contribution in [1.82, 2.24) is 0 Å². The lowest BCUT2D eigenvalue weighted by Gasteiger charge is -2.22. The Morgan fingerprint density at radius 2 is 1.78 bits per heavy atom. The number of benzene rings is 1. The molecule has 0 radical (unpaired) electrons. The molecule has 0 aliphatic carbocycles. The highest BCUT2D eigenvalue weighted by Crippen LogP contribution is 2.37. The Hall–Kier alpha value is -1.42. The Bertz CT molecular complexity index is 401. The second-order valence-electron chi connectivity index (χ2n) is 4.57. The minimum absolute atomic E-state index is 0.614. The van der Waals surface area contributed by atoms with Crippen molar-refractivity contribution in [2.45, 2.75) is 19.3 Å². The molecule has 4 nitrogen and oxygen atoms in total. The predicted molar refractivity (Wildman–Crippen MR) is 73.8 cm³/mol. The summed E-state index contributed by atoms with van der Waals surface area (Å²) in [6.45, 7) is 2.80. The molecule has 0 bridgehead atoms. The quantitative estimate of drug-likeness (QED) is 0.865. The number of ether oxygens (including phenoxy) is 2. The fourth-order valence-corrected chi connectivity index (χ4v) is 2.50. The van der Waals surface area contributed by atoms with Crippen LogP contribution in [0.15, 0.2) is 12.1 Å². The molecule has 1 fully saturated rings. The summed E-state index contributed by atoms with van der Waals surface area (Å²) >= 11 is 0. The zero-order valence-electron chi connectivity index (χ0n) is 11.2. The van der Waals surface area contributed by atoms with Gasteiger partial charge in [-0.05, 0) is 37.4 Å². The molecule has 18 heavy (non-hydrogen) atoms. The molecule has 0 atom stereocenters. The fraction of sp³-hybridized carbons (Fsp3) is 0.571. The van der Waals surface area contributed by atoms with E-state index in [4.69, 9.17) is 15.2 Å². The Kier molecular flexibility index (Phi) is 4.31. The minimum Gasteiger partial charge on any atom is -0.496 e. The average molecular weight is 250 g/mol. The van der Waals surface area contributed by atoms with Gasteiger partial charge in [0.2, 0.25) is 0 Å². The summed E-state index contributed by atoms with van der Waals surface area (Å²) in [5.74, 6) is 1.82. The predicted octanol–water partition coefficient (Wildman–Crippen LogP) is 1.81. The van der Waals surface area contributed by atoms with Crippen molar-refractivity contribution in [2.24, 2.45) is 5.73 Å². The van der Waals surface area contributed by atoms with Crippen LogP contribution < -0.4 is 20.1 Å². The third kappa shape index (κ3) is 2.53. The monoisotopic (exact) mass is 250 g/mol. The van der Waals surface area contributed by atoms with E-state index < -0.39 is 0 Å². The standard InChI is InChI=1S/C14H22N2O2/c1-17-13-10-12(16-7-3-4-8-16)14(18-2)9-11(13)5-6-15/h9-10H,3-8,15H2,1-2H3. The molecule has 0 saturated carbocycles. The zero-order valence-corrected chi connectivity index (χ0v) is 11.2. The number of rotatable bonds is 5. The van der Waals surface area contributed by atoms with Gasteiger partial charge in [0.15, 0.2) is 0 Å². The van der Waals surface area contributed by atoms with Crippen molar-refractivity contribution in [3.63, 3.8) is 0 Å². The topological polar surface area (TPSA) is 47.7 Å². The Morgan fingerprint density at radius 3 is 2.33 bits per heavy atom. The number of anilines is 1. The van der Waals surface area contributed by atoms with Crippen molar-refractivity contribution < 1.29 is 9.47 Å². The van der Waals surface area contributed by atoms with Crippen LogP contribution >= 0.6 is 0 Å². The molecule has 1 aliphatic heterocycles. The Labute approximate surface area is 109 Å². The van der Waals surface area contributed by atoms with Crippen molar-refractivity contribution >= 4 is 5.69 Å². The highest BCUT2D eigenvalue weighted by molar-refractivity contribution is 5.64. The SMILES string of the molecule is COc1cc(N2CCCC2)c(OC)cc1CCN. The van der Waals surface area contributed by atoms with E-state index in [2.05, 4.69) is 17.0 Å². The smallest absolute Gasteiger partial charge is 0.142 e. The maximum atomic E-state index is 5.63. The normalized spacial score (nSPS) is 14.9. The molecule has 0 unspecified atom stereocenters. The van der Waals surface area contributed by atoms with E-state index in [-0.39, 0.29) is 0 Å². The number of hydrogen-bond donors (Lipinski definition) is 1. The summed E-state index contributed by atoms with van der Waals surface area (Å²) < 4.78 is 11.0. The summed E-state index contributed by atoms with van der Waals surface area (Å²) in [5, 5.41) is 0. The van der Waals surface area contributed by atoms with E-state index >= 15 is 0 Å². The van der Waals surface area contributed by atoms with E-state index in [1.165, 1.54) is 12.8 Å². The van der Waals surface area contributed by atoms with Crippen LogP contribution in [-0.2, 0) is 6.42 Å². The van der Waals surface area contributed by atoms with Crippen molar-refractivity contribution in [1.29, 1.82) is 0 Å². The number of methoxy groups -OCH3 is 2. The molecule has 2 rings (SSSR count). The number of nitrogens with zero attached hydrogens (tertiary/aromatic N) is 1. The highest BCUT2D eigenvalue weighted by Gasteiger charge is 2.19. The zero-order chi connectivity index (χ0) is 13.0. The van der Waals surface area contributed by atoms with E-state index in [1.807, 2.05) is 0 Å². The van der Waals surface area contributed by atoms with Crippen molar-refractivity contribution in [3.8, 4) is 11.5 Å². The van der Waals surface area contributed by atoms with Gasteiger partial charge in [0.1, 0.15) is 11.5 Å². The molecule has 0 aromatic heterocycles. The van der Waals surface area contributed by atoms with E-state index in [1.54, 1.807) is 14.2 Å². The van der Waals surface area contributed by atoms with Crippen LogP contribution in [0, 0.1) is 0 Å². The van der Waals surface area contributed by atoms with Crippen LogP contribution in [0.2, 0.25) is 0 Å². The van der Waals surface area contributed by atoms with Gasteiger partial charge >= 0.3 is 0 Å². The van der Waals surface area contributed by atoms with E-state index in [9.17, 15) is 0 Å². The Balaban J connectivity index is 2.38. The summed E-state index contributed by atoms with van der Waals surface area (Å²) in [6, 6.07) is 4.13. The van der Waals surface area contributed by atoms with Gasteiger partial charge in [-0.25, -0.2) is 0 Å². The van der Waals surface area contributed by atoms with Gasteiger partial charge in [-0.15, -0.1) is 0 Å². The van der Waals surface area contributed by atoms with Gasteiger partial charge in [0, 0.05) is 19.2 Å².